The Kier molecular flexibility index (Phi) is 25.7. The van der Waals surface area contributed by atoms with Gasteiger partial charge in [-0.1, -0.05) is 81.2 Å². The molecule has 0 aromatic heterocycles. The zero-order chi connectivity index (χ0) is 34.6. The van der Waals surface area contributed by atoms with Crippen molar-refractivity contribution in [2.75, 3.05) is 47.5 Å². The molecule has 8 heteroatoms. The van der Waals surface area contributed by atoms with Gasteiger partial charge in [-0.05, 0) is 80.4 Å². The second kappa shape index (κ2) is 27.8. The molecule has 0 atom stereocenters. The molecule has 0 saturated heterocycles. The van der Waals surface area contributed by atoms with Gasteiger partial charge in [-0.25, -0.2) is 0 Å². The zero-order valence-electron chi connectivity index (χ0n) is 28.8. The number of hydrogen-bond acceptors (Lipinski definition) is 7. The summed E-state index contributed by atoms with van der Waals surface area (Å²) in [5, 5.41) is 20.2. The molecule has 0 amide bonds. The van der Waals surface area contributed by atoms with Gasteiger partial charge in [0.05, 0.1) is 13.2 Å². The Hall–Kier alpha value is -3.46. The van der Waals surface area contributed by atoms with E-state index in [2.05, 4.69) is 67.1 Å². The van der Waals surface area contributed by atoms with Crippen LogP contribution in [0.15, 0.2) is 66.8 Å². The molecule has 8 nitrogen and oxygen atoms in total. The van der Waals surface area contributed by atoms with Crippen LogP contribution < -0.4 is 20.1 Å². The normalized spacial score (nSPS) is 15.0. The van der Waals surface area contributed by atoms with Gasteiger partial charge in [-0.2, -0.15) is 0 Å². The average molecular weight is 641 g/mol. The maximum atomic E-state index is 8.36. The number of aliphatic hydroxyl groups is 1. The van der Waals surface area contributed by atoms with Crippen LogP contribution in [0.2, 0.25) is 0 Å². The Labute approximate surface area is 278 Å². The molecule has 1 aliphatic carbocycles. The summed E-state index contributed by atoms with van der Waals surface area (Å²) in [4.78, 5) is 16.4. The van der Waals surface area contributed by atoms with E-state index in [4.69, 9.17) is 29.3 Å². The van der Waals surface area contributed by atoms with Gasteiger partial charge in [-0.3, -0.25) is 4.79 Å². The van der Waals surface area contributed by atoms with Gasteiger partial charge in [0.15, 0.2) is 0 Å². The van der Waals surface area contributed by atoms with Crippen molar-refractivity contribution >= 4 is 13.3 Å². The molecule has 0 unspecified atom stereocenters. The predicted octanol–water partition coefficient (Wildman–Crippen LogP) is 7.42. The summed E-state index contributed by atoms with van der Waals surface area (Å²) >= 11 is 0. The number of nitrogens with one attached hydrogen (secondary N) is 2. The minimum atomic E-state index is -0.250. The van der Waals surface area contributed by atoms with Crippen molar-refractivity contribution in [1.82, 2.24) is 10.6 Å². The lowest BCUT2D eigenvalue weighted by Crippen LogP contribution is -2.13. The highest BCUT2D eigenvalue weighted by Crippen LogP contribution is 2.39. The predicted molar refractivity (Wildman–Crippen MR) is 191 cm³/mol. The average Bonchev–Trinajstić information content (AvgIpc) is 3.08. The number of ether oxygens (including phenoxy) is 2. The molecule has 0 spiro atoms. The number of carbonyl (C=O) groups excluding carboxylic acids is 1. The van der Waals surface area contributed by atoms with Crippen molar-refractivity contribution in [3.63, 3.8) is 0 Å². The van der Waals surface area contributed by atoms with E-state index in [1.165, 1.54) is 62.5 Å². The molecule has 0 aliphatic heterocycles. The lowest BCUT2D eigenvalue weighted by molar-refractivity contribution is -0.122. The van der Waals surface area contributed by atoms with Crippen LogP contribution >= 0.6 is 0 Å². The third kappa shape index (κ3) is 17.9. The Morgan fingerprint density at radius 1 is 0.826 bits per heavy atom. The second-order valence-electron chi connectivity index (χ2n) is 11.4. The maximum absolute atomic E-state index is 8.36. The van der Waals surface area contributed by atoms with Crippen molar-refractivity contribution < 1.29 is 29.3 Å². The number of benzene rings is 2. The topological polar surface area (TPSA) is 117 Å². The van der Waals surface area contributed by atoms with Gasteiger partial charge in [0.25, 0.3) is 6.47 Å². The van der Waals surface area contributed by atoms with Gasteiger partial charge in [0.2, 0.25) is 0 Å². The zero-order valence-corrected chi connectivity index (χ0v) is 28.8. The molecular weight excluding hydrogens is 580 g/mol. The van der Waals surface area contributed by atoms with E-state index in [-0.39, 0.29) is 6.47 Å². The first-order chi connectivity index (χ1) is 22.4. The van der Waals surface area contributed by atoms with Crippen molar-refractivity contribution in [3.05, 3.63) is 72.3 Å². The fourth-order valence-corrected chi connectivity index (χ4v) is 5.62. The van der Waals surface area contributed by atoms with Crippen LogP contribution in [-0.4, -0.2) is 71.0 Å². The Morgan fingerprint density at radius 3 is 1.74 bits per heavy atom. The van der Waals surface area contributed by atoms with E-state index in [9.17, 15) is 0 Å². The SMILES string of the molecule is C=C(CCOc1cc(OCCC(=C)CNC)cc(-c2ccc(C3CCC(CCCCC)CC3)cc2)c1)CNC.C=O.CO.O=CO. The minimum Gasteiger partial charge on any atom is -0.493 e. The van der Waals surface area contributed by atoms with Crippen LogP contribution in [0.5, 0.6) is 11.5 Å². The summed E-state index contributed by atoms with van der Waals surface area (Å²) in [6.07, 6.45) is 12.6. The first-order valence-corrected chi connectivity index (χ1v) is 16.4. The minimum absolute atomic E-state index is 0.250. The van der Waals surface area contributed by atoms with Gasteiger partial charge < -0.3 is 35.1 Å². The van der Waals surface area contributed by atoms with E-state index < -0.39 is 0 Å². The smallest absolute Gasteiger partial charge is 0.290 e. The van der Waals surface area contributed by atoms with E-state index in [1.54, 1.807) is 0 Å². The Bertz CT molecular complexity index is 1040. The molecule has 2 aromatic carbocycles. The molecule has 46 heavy (non-hydrogen) atoms. The summed E-state index contributed by atoms with van der Waals surface area (Å²) in [6, 6.07) is 15.5. The molecule has 0 radical (unpaired) electrons. The molecule has 1 aliphatic rings. The lowest BCUT2D eigenvalue weighted by atomic mass is 9.77. The van der Waals surface area contributed by atoms with Crippen molar-refractivity contribution in [2.24, 2.45) is 5.92 Å². The monoisotopic (exact) mass is 640 g/mol. The summed E-state index contributed by atoms with van der Waals surface area (Å²) in [7, 11) is 4.88. The van der Waals surface area contributed by atoms with Crippen LogP contribution in [-0.2, 0) is 9.59 Å². The molecule has 258 valence electrons. The first kappa shape index (κ1) is 42.5. The summed E-state index contributed by atoms with van der Waals surface area (Å²) < 4.78 is 12.3. The number of carboxylic acid groups (broad SMARTS) is 1. The molecule has 0 bridgehead atoms. The number of hydrogen-bond donors (Lipinski definition) is 4. The van der Waals surface area contributed by atoms with E-state index in [0.29, 0.717) is 19.1 Å². The molecular formula is C38H60N2O6. The largest absolute Gasteiger partial charge is 0.493 e. The number of carbonyl (C=O) groups is 2. The summed E-state index contributed by atoms with van der Waals surface area (Å²) in [5.41, 5.74) is 6.08. The lowest BCUT2D eigenvalue weighted by Gasteiger charge is -2.29. The van der Waals surface area contributed by atoms with Gasteiger partial charge in [0, 0.05) is 39.1 Å². The molecule has 1 saturated carbocycles. The second-order valence-corrected chi connectivity index (χ2v) is 11.4. The van der Waals surface area contributed by atoms with E-state index in [1.807, 2.05) is 27.0 Å². The number of unbranched alkanes of at least 4 members (excludes halogenated alkanes) is 2. The number of rotatable bonds is 18. The highest BCUT2D eigenvalue weighted by atomic mass is 16.5. The third-order valence-corrected chi connectivity index (χ3v) is 7.96. The quantitative estimate of drug-likeness (QED) is 0.0756. The first-order valence-electron chi connectivity index (χ1n) is 16.4. The van der Waals surface area contributed by atoms with Crippen molar-refractivity contribution in [1.29, 1.82) is 0 Å². The third-order valence-electron chi connectivity index (χ3n) is 7.96. The highest BCUT2D eigenvalue weighted by Gasteiger charge is 2.22. The van der Waals surface area contributed by atoms with Crippen molar-refractivity contribution in [2.45, 2.75) is 77.0 Å². The van der Waals surface area contributed by atoms with Crippen LogP contribution in [0.25, 0.3) is 11.1 Å². The van der Waals surface area contributed by atoms with Crippen LogP contribution in [0.4, 0.5) is 0 Å². The van der Waals surface area contributed by atoms with E-state index in [0.717, 1.165) is 67.2 Å². The van der Waals surface area contributed by atoms with Crippen LogP contribution in [0, 0.1) is 5.92 Å². The maximum Gasteiger partial charge on any atom is 0.290 e. The Balaban J connectivity index is 0.00000268. The molecule has 0 heterocycles. The Morgan fingerprint density at radius 2 is 1.30 bits per heavy atom. The van der Waals surface area contributed by atoms with E-state index >= 15 is 0 Å². The number of aliphatic hydroxyl groups excluding tert-OH is 1. The van der Waals surface area contributed by atoms with Crippen LogP contribution in [0.3, 0.4) is 0 Å². The standard InChI is InChI=1S/C35H52N2O2.CH2O2.CH4O.CH2O/c1-6-7-8-9-29-10-12-30(13-11-29)31-14-16-32(17-15-31)33-22-34(38-20-18-27(2)25-36-4)24-35(23-33)39-21-19-28(3)26-37-5;2-1-3;2*1-2/h14-17,22-24,29-30,36-37H,2-3,6-13,18-21,25-26H2,1,4-5H3;1H,(H,2,3);2H,1H3;1H2. The summed E-state index contributed by atoms with van der Waals surface area (Å²) in [5.74, 6) is 3.31. The molecule has 2 aromatic rings. The summed E-state index contributed by atoms with van der Waals surface area (Å²) in [6.45, 7) is 15.1. The van der Waals surface area contributed by atoms with Gasteiger partial charge >= 0.3 is 0 Å². The molecule has 3 rings (SSSR count). The van der Waals surface area contributed by atoms with Crippen molar-refractivity contribution in [3.8, 4) is 22.6 Å². The van der Waals surface area contributed by atoms with Gasteiger partial charge in [-0.15, -0.1) is 0 Å². The number of likely N-dealkylation sites (N-methyl/N-ethyl adjacent to an activating group) is 2. The van der Waals surface area contributed by atoms with Crippen LogP contribution in [0.1, 0.15) is 82.6 Å². The molecule has 4 N–H and O–H groups in total. The molecule has 1 fully saturated rings. The fraction of sp³-hybridized carbons (Fsp3) is 0.526. The van der Waals surface area contributed by atoms with Gasteiger partial charge in [0.1, 0.15) is 18.3 Å². The fourth-order valence-electron chi connectivity index (χ4n) is 5.62. The highest BCUT2D eigenvalue weighted by molar-refractivity contribution is 5.67.